The number of rotatable bonds is 3. The number of hydrogen-bond acceptors (Lipinski definition) is 6. The molecule has 5 rings (SSSR count). The molecule has 8 nitrogen and oxygen atoms in total. The van der Waals surface area contributed by atoms with Crippen LogP contribution in [0.3, 0.4) is 0 Å². The number of aromatic nitrogens is 3. The second-order valence-electron chi connectivity index (χ2n) is 7.68. The van der Waals surface area contributed by atoms with Gasteiger partial charge in [-0.2, -0.15) is 0 Å². The average Bonchev–Trinajstić information content (AvgIpc) is 3.01. The lowest BCUT2D eigenvalue weighted by Gasteiger charge is -2.22. The van der Waals surface area contributed by atoms with Crippen LogP contribution in [-0.4, -0.2) is 65.5 Å². The zero-order valence-corrected chi connectivity index (χ0v) is 17.1. The summed E-state index contributed by atoms with van der Waals surface area (Å²) in [6.07, 6.45) is 1.11. The topological polar surface area (TPSA) is 75.0 Å². The van der Waals surface area contributed by atoms with E-state index in [1.165, 1.54) is 7.11 Å². The van der Waals surface area contributed by atoms with Crippen LogP contribution in [0.4, 0.5) is 5.82 Å². The number of pyridine rings is 2. The summed E-state index contributed by atoms with van der Waals surface area (Å²) in [7, 11) is 3.58. The Hall–Kier alpha value is -3.23. The van der Waals surface area contributed by atoms with E-state index in [2.05, 4.69) is 22.3 Å². The Morgan fingerprint density at radius 2 is 1.90 bits per heavy atom. The zero-order valence-electron chi connectivity index (χ0n) is 17.1. The van der Waals surface area contributed by atoms with Gasteiger partial charge >= 0.3 is 0 Å². The van der Waals surface area contributed by atoms with Crippen molar-refractivity contribution in [3.63, 3.8) is 0 Å². The Morgan fingerprint density at radius 1 is 1.03 bits per heavy atom. The Balaban J connectivity index is 1.74. The number of para-hydroxylation sites is 2. The summed E-state index contributed by atoms with van der Waals surface area (Å²) in [5, 5.41) is 0.877. The minimum absolute atomic E-state index is 0.334. The van der Waals surface area contributed by atoms with Crippen molar-refractivity contribution in [1.82, 2.24) is 24.7 Å². The van der Waals surface area contributed by atoms with Gasteiger partial charge in [0.1, 0.15) is 11.5 Å². The lowest BCUT2D eigenvalue weighted by molar-refractivity contribution is 0.0539. The van der Waals surface area contributed by atoms with Gasteiger partial charge in [-0.25, -0.2) is 15.4 Å². The molecule has 1 amide bonds. The van der Waals surface area contributed by atoms with Crippen LogP contribution in [0.25, 0.3) is 27.7 Å². The van der Waals surface area contributed by atoms with E-state index in [0.29, 0.717) is 11.2 Å². The second-order valence-corrected chi connectivity index (χ2v) is 7.68. The number of fused-ring (bicyclic) bond motifs is 5. The fourth-order valence-corrected chi connectivity index (χ4v) is 4.15. The summed E-state index contributed by atoms with van der Waals surface area (Å²) < 4.78 is 1.97. The Labute approximate surface area is 174 Å². The highest BCUT2D eigenvalue weighted by atomic mass is 16.6. The summed E-state index contributed by atoms with van der Waals surface area (Å²) in [5.74, 6) is 0.616. The first-order chi connectivity index (χ1) is 14.7. The SMILES string of the molecule is CONC(=O)c1cc2ccc(N3CCCN(C)CC3)nc2n2c1nc1ccccc12. The number of hydrogen-bond donors (Lipinski definition) is 1. The molecule has 4 aromatic rings. The Kier molecular flexibility index (Phi) is 4.72. The number of nitrogens with zero attached hydrogens (tertiary/aromatic N) is 5. The van der Waals surface area contributed by atoms with Crippen LogP contribution < -0.4 is 10.4 Å². The highest BCUT2D eigenvalue weighted by Crippen LogP contribution is 2.27. The van der Waals surface area contributed by atoms with Gasteiger partial charge in [-0.15, -0.1) is 0 Å². The maximum Gasteiger partial charge on any atom is 0.278 e. The van der Waals surface area contributed by atoms with Crippen molar-refractivity contribution >= 4 is 39.4 Å². The number of carbonyl (C=O) groups excluding carboxylic acids is 1. The summed E-state index contributed by atoms with van der Waals surface area (Å²) >= 11 is 0. The van der Waals surface area contributed by atoms with Crippen LogP contribution in [-0.2, 0) is 4.84 Å². The van der Waals surface area contributed by atoms with Crippen LogP contribution in [0, 0.1) is 0 Å². The fourth-order valence-electron chi connectivity index (χ4n) is 4.15. The molecule has 0 saturated carbocycles. The second kappa shape index (κ2) is 7.55. The number of imidazole rings is 1. The van der Waals surface area contributed by atoms with Gasteiger partial charge in [-0.05, 0) is 50.3 Å². The number of anilines is 1. The van der Waals surface area contributed by atoms with Gasteiger partial charge in [0.05, 0.1) is 23.7 Å². The molecule has 1 aliphatic heterocycles. The van der Waals surface area contributed by atoms with E-state index in [1.54, 1.807) is 0 Å². The van der Waals surface area contributed by atoms with Crippen molar-refractivity contribution in [2.45, 2.75) is 6.42 Å². The molecule has 0 aliphatic carbocycles. The molecule has 3 aromatic heterocycles. The lowest BCUT2D eigenvalue weighted by atomic mass is 10.2. The largest absolute Gasteiger partial charge is 0.355 e. The maximum absolute atomic E-state index is 12.6. The van der Waals surface area contributed by atoms with E-state index < -0.39 is 0 Å². The molecule has 154 valence electrons. The predicted octanol–water partition coefficient (Wildman–Crippen LogP) is 2.47. The number of hydroxylamine groups is 1. The lowest BCUT2D eigenvalue weighted by Crippen LogP contribution is -2.29. The number of amides is 1. The molecule has 0 atom stereocenters. The van der Waals surface area contributed by atoms with E-state index in [-0.39, 0.29) is 5.91 Å². The molecule has 1 aromatic carbocycles. The number of carbonyl (C=O) groups is 1. The summed E-state index contributed by atoms with van der Waals surface area (Å²) in [5.41, 5.74) is 5.96. The van der Waals surface area contributed by atoms with Gasteiger partial charge in [0, 0.05) is 25.0 Å². The molecule has 4 heterocycles. The van der Waals surface area contributed by atoms with Crippen molar-refractivity contribution in [1.29, 1.82) is 0 Å². The highest BCUT2D eigenvalue weighted by Gasteiger charge is 2.20. The first-order valence-electron chi connectivity index (χ1n) is 10.1. The van der Waals surface area contributed by atoms with Crippen LogP contribution in [0.2, 0.25) is 0 Å². The van der Waals surface area contributed by atoms with Crippen molar-refractivity contribution in [3.05, 3.63) is 48.0 Å². The molecule has 0 spiro atoms. The minimum atomic E-state index is -0.334. The molecule has 8 heteroatoms. The monoisotopic (exact) mass is 404 g/mol. The number of likely N-dealkylation sites (N-methyl/N-ethyl adjacent to an activating group) is 1. The van der Waals surface area contributed by atoms with E-state index >= 15 is 0 Å². The third-order valence-corrected chi connectivity index (χ3v) is 5.69. The molecular formula is C22H24N6O2. The highest BCUT2D eigenvalue weighted by molar-refractivity contribution is 6.05. The minimum Gasteiger partial charge on any atom is -0.355 e. The standard InChI is InChI=1S/C22H24N6O2/c1-26-10-5-11-27(13-12-26)19-9-8-15-14-16(22(29)25-30-2)21-23-17-6-3-4-7-18(17)28(21)20(15)24-19/h3-4,6-9,14H,5,10-13H2,1-2H3,(H,25,29). The third-order valence-electron chi connectivity index (χ3n) is 5.69. The van der Waals surface area contributed by atoms with Gasteiger partial charge in [-0.3, -0.25) is 14.0 Å². The van der Waals surface area contributed by atoms with Crippen molar-refractivity contribution < 1.29 is 9.63 Å². The quantitative estimate of drug-likeness (QED) is 0.529. The van der Waals surface area contributed by atoms with E-state index in [4.69, 9.17) is 14.8 Å². The predicted molar refractivity (Wildman–Crippen MR) is 117 cm³/mol. The molecule has 30 heavy (non-hydrogen) atoms. The first kappa shape index (κ1) is 18.8. The normalized spacial score (nSPS) is 15.7. The zero-order chi connectivity index (χ0) is 20.7. The van der Waals surface area contributed by atoms with Gasteiger partial charge in [0.2, 0.25) is 0 Å². The molecule has 0 unspecified atom stereocenters. The molecule has 1 N–H and O–H groups in total. The summed E-state index contributed by atoms with van der Waals surface area (Å²) in [6, 6.07) is 13.8. The third kappa shape index (κ3) is 3.14. The van der Waals surface area contributed by atoms with Crippen LogP contribution >= 0.6 is 0 Å². The van der Waals surface area contributed by atoms with E-state index in [0.717, 1.165) is 60.5 Å². The summed E-state index contributed by atoms with van der Waals surface area (Å²) in [4.78, 5) is 31.9. The maximum atomic E-state index is 12.6. The average molecular weight is 404 g/mol. The molecule has 1 saturated heterocycles. The molecular weight excluding hydrogens is 380 g/mol. The van der Waals surface area contributed by atoms with Crippen LogP contribution in [0.1, 0.15) is 16.8 Å². The van der Waals surface area contributed by atoms with Gasteiger partial charge in [0.25, 0.3) is 5.91 Å². The van der Waals surface area contributed by atoms with Crippen LogP contribution in [0.5, 0.6) is 0 Å². The number of benzene rings is 1. The van der Waals surface area contributed by atoms with Gasteiger partial charge in [-0.1, -0.05) is 12.1 Å². The fraction of sp³-hybridized carbons (Fsp3) is 0.318. The van der Waals surface area contributed by atoms with E-state index in [9.17, 15) is 4.79 Å². The smallest absolute Gasteiger partial charge is 0.278 e. The van der Waals surface area contributed by atoms with Crippen molar-refractivity contribution in [2.75, 3.05) is 45.2 Å². The van der Waals surface area contributed by atoms with Crippen molar-refractivity contribution in [2.24, 2.45) is 0 Å². The summed E-state index contributed by atoms with van der Waals surface area (Å²) in [6.45, 7) is 4.03. The molecule has 0 radical (unpaired) electrons. The van der Waals surface area contributed by atoms with Crippen molar-refractivity contribution in [3.8, 4) is 0 Å². The van der Waals surface area contributed by atoms with Gasteiger partial charge < -0.3 is 9.80 Å². The van der Waals surface area contributed by atoms with E-state index in [1.807, 2.05) is 46.9 Å². The Morgan fingerprint density at radius 3 is 2.77 bits per heavy atom. The first-order valence-corrected chi connectivity index (χ1v) is 10.1. The Bertz CT molecular complexity index is 1250. The molecule has 0 bridgehead atoms. The number of nitrogens with one attached hydrogen (secondary N) is 1. The molecule has 1 aliphatic rings. The van der Waals surface area contributed by atoms with Crippen LogP contribution in [0.15, 0.2) is 42.5 Å². The van der Waals surface area contributed by atoms with Gasteiger partial charge in [0.15, 0.2) is 5.65 Å². The molecule has 1 fully saturated rings.